The molecule has 5 aromatic carbocycles. The average molecular weight is 1020 g/mol. The van der Waals surface area contributed by atoms with E-state index in [2.05, 4.69) is 104 Å². The quantitative estimate of drug-likeness (QED) is 0.0516. The third-order valence-corrected chi connectivity index (χ3v) is 14.3. The van der Waals surface area contributed by atoms with E-state index >= 15 is 0 Å². The van der Waals surface area contributed by atoms with Gasteiger partial charge in [-0.05, 0) is 156 Å². The highest BCUT2D eigenvalue weighted by atomic mass is 16.5. The topological polar surface area (TPSA) is 146 Å². The molecule has 394 valence electrons. The number of imide groups is 1. The van der Waals surface area contributed by atoms with Crippen LogP contribution < -0.4 is 19.9 Å². The predicted octanol–water partition coefficient (Wildman–Crippen LogP) is 13.7. The molecule has 76 heavy (non-hydrogen) atoms. The van der Waals surface area contributed by atoms with Gasteiger partial charge in [-0.25, -0.2) is 4.90 Å². The number of aryl methyl sites for hydroxylation is 4. The number of hydrogen-bond donors (Lipinski definition) is 3. The molecule has 0 aromatic heterocycles. The molecule has 2 unspecified atom stereocenters. The third kappa shape index (κ3) is 11.3. The van der Waals surface area contributed by atoms with E-state index in [1.807, 2.05) is 57.2 Å². The van der Waals surface area contributed by atoms with E-state index in [1.54, 1.807) is 24.3 Å². The van der Waals surface area contributed by atoms with Gasteiger partial charge in [-0.15, -0.1) is 0 Å². The summed E-state index contributed by atoms with van der Waals surface area (Å²) in [5, 5.41) is 25.9. The van der Waals surface area contributed by atoms with Crippen molar-refractivity contribution >= 4 is 40.7 Å². The maximum atomic E-state index is 14.0. The van der Waals surface area contributed by atoms with Crippen LogP contribution in [0.3, 0.4) is 0 Å². The van der Waals surface area contributed by atoms with Crippen LogP contribution >= 0.6 is 0 Å². The second-order valence-corrected chi connectivity index (χ2v) is 21.3. The Morgan fingerprint density at radius 3 is 1.93 bits per heavy atom. The largest absolute Gasteiger partial charge is 0.504 e. The molecule has 3 aliphatic rings. The van der Waals surface area contributed by atoms with Crippen LogP contribution in [0.2, 0.25) is 0 Å². The van der Waals surface area contributed by atoms with E-state index in [-0.39, 0.29) is 52.8 Å². The number of carbonyl (C=O) groups is 4. The zero-order chi connectivity index (χ0) is 54.9. The second kappa shape index (κ2) is 22.6. The molecule has 0 bridgehead atoms. The van der Waals surface area contributed by atoms with Crippen LogP contribution in [0.25, 0.3) is 0 Å². The highest BCUT2D eigenvalue weighted by molar-refractivity contribution is 6.28. The minimum Gasteiger partial charge on any atom is -0.504 e. The monoisotopic (exact) mass is 1020 g/mol. The van der Waals surface area contributed by atoms with Crippen LogP contribution in [0.1, 0.15) is 152 Å². The van der Waals surface area contributed by atoms with E-state index in [4.69, 9.17) is 9.47 Å². The fraction of sp³-hybridized carbons (Fsp3) is 0.323. The van der Waals surface area contributed by atoms with Crippen LogP contribution in [0.4, 0.5) is 17.1 Å². The molecular formula is C65H71N3O8. The van der Waals surface area contributed by atoms with Crippen molar-refractivity contribution in [3.8, 4) is 11.5 Å². The van der Waals surface area contributed by atoms with Gasteiger partial charge in [0, 0.05) is 41.5 Å². The first kappa shape index (κ1) is 54.5. The van der Waals surface area contributed by atoms with E-state index < -0.39 is 12.1 Å². The van der Waals surface area contributed by atoms with Crippen LogP contribution in [-0.2, 0) is 51.2 Å². The molecule has 0 fully saturated rings. The summed E-state index contributed by atoms with van der Waals surface area (Å²) in [6.45, 7) is 26.5. The fourth-order valence-electron chi connectivity index (χ4n) is 10.7. The average Bonchev–Trinajstić information content (AvgIpc) is 3.86. The summed E-state index contributed by atoms with van der Waals surface area (Å²) in [5.41, 5.74) is 14.2. The van der Waals surface area contributed by atoms with E-state index in [0.29, 0.717) is 65.6 Å². The maximum Gasteiger partial charge on any atom is 0.261 e. The number of nitrogens with zero attached hydrogens (tertiary/aromatic N) is 2. The molecule has 3 N–H and O–H groups in total. The number of amides is 4. The second-order valence-electron chi connectivity index (χ2n) is 21.3. The Labute approximate surface area is 447 Å². The van der Waals surface area contributed by atoms with Gasteiger partial charge in [-0.1, -0.05) is 123 Å². The van der Waals surface area contributed by atoms with Crippen molar-refractivity contribution in [1.29, 1.82) is 0 Å². The van der Waals surface area contributed by atoms with Crippen molar-refractivity contribution in [3.63, 3.8) is 0 Å². The van der Waals surface area contributed by atoms with Gasteiger partial charge < -0.3 is 25.0 Å². The minimum absolute atomic E-state index is 0.0690. The third-order valence-electron chi connectivity index (χ3n) is 14.3. The molecule has 1 aliphatic carbocycles. The first-order valence-corrected chi connectivity index (χ1v) is 26.6. The zero-order valence-corrected chi connectivity index (χ0v) is 45.8. The lowest BCUT2D eigenvalue weighted by molar-refractivity contribution is -0.120. The molecule has 2 atom stereocenters. The summed E-state index contributed by atoms with van der Waals surface area (Å²) in [6, 6.07) is 25.3. The van der Waals surface area contributed by atoms with Gasteiger partial charge in [0.05, 0.1) is 16.9 Å². The van der Waals surface area contributed by atoms with Crippen LogP contribution in [0, 0.1) is 19.8 Å². The Morgan fingerprint density at radius 1 is 0.750 bits per heavy atom. The molecule has 0 spiro atoms. The van der Waals surface area contributed by atoms with Gasteiger partial charge in [-0.3, -0.25) is 24.1 Å². The standard InChI is InChI=1S/C65H71N3O8/c1-13-42(24-36(4)5)28-46-30-47(14-2)61(48(15-3)31-46)68-64(73)51-21-20-50(34-54(51)65(68)74)76-49-18-16-43(17-19-49)27-41(12)75-56-35-55(62(56)71)63(72)66-59-39(10)25-44(32-52(59)37(6)7)29-45-26-40(11)60(53(33-45)38(8)9)67-57(69)22-23-58(67)70/h13,16-26,30-38,41,65,71,74H,1,14-15,27-29H2,2-12H3,(H,66,72)/b42-24+. The van der Waals surface area contributed by atoms with Gasteiger partial charge in [0.1, 0.15) is 17.6 Å². The molecule has 2 heterocycles. The van der Waals surface area contributed by atoms with Gasteiger partial charge in [0.2, 0.25) is 0 Å². The number of rotatable bonds is 20. The number of allylic oxidation sites excluding steroid dienone is 3. The van der Waals surface area contributed by atoms with Crippen molar-refractivity contribution < 1.29 is 38.9 Å². The highest BCUT2D eigenvalue weighted by Crippen LogP contribution is 2.43. The molecule has 11 heteroatoms. The number of carbonyl (C=O) groups excluding carboxylic acids is 4. The predicted molar refractivity (Wildman–Crippen MR) is 302 cm³/mol. The minimum atomic E-state index is -1.18. The summed E-state index contributed by atoms with van der Waals surface area (Å²) in [5.74, 6) is 0.292. The molecule has 0 radical (unpaired) electrons. The number of benzene rings is 5. The van der Waals surface area contributed by atoms with Gasteiger partial charge in [-0.2, -0.15) is 0 Å². The van der Waals surface area contributed by atoms with E-state index in [0.717, 1.165) is 73.3 Å². The Balaban J connectivity index is 0.876. The Hall–Kier alpha value is -7.76. The maximum absolute atomic E-state index is 14.0. The number of aliphatic hydroxyl groups is 2. The first-order valence-electron chi connectivity index (χ1n) is 26.6. The molecule has 2 aliphatic heterocycles. The summed E-state index contributed by atoms with van der Waals surface area (Å²) >= 11 is 0. The summed E-state index contributed by atoms with van der Waals surface area (Å²) in [6.07, 6.45) is 10.0. The molecule has 0 saturated heterocycles. The molecule has 0 saturated carbocycles. The number of fused-ring (bicyclic) bond motifs is 1. The van der Waals surface area contributed by atoms with E-state index in [9.17, 15) is 29.4 Å². The Morgan fingerprint density at radius 2 is 1.36 bits per heavy atom. The SMILES string of the molecule is C=C/C(=C\C(C)C)Cc1cc(CC)c(N2C(=O)c3ccc(Oc4ccc(CC(C)OC5=CC(C(=O)Nc6c(C)cc(Cc7cc(C)c(N8C(=O)C=CC8=O)c(C(C)C)c7)cc6C(C)C)=C5O)cc4)cc3C2O)c(CC)c1. The molecule has 5 aromatic rings. The number of ether oxygens (including phenoxy) is 2. The van der Waals surface area contributed by atoms with Gasteiger partial charge in [0.15, 0.2) is 17.7 Å². The van der Waals surface area contributed by atoms with Gasteiger partial charge in [0.25, 0.3) is 23.6 Å². The summed E-state index contributed by atoms with van der Waals surface area (Å²) < 4.78 is 12.4. The fourth-order valence-corrected chi connectivity index (χ4v) is 10.7. The first-order chi connectivity index (χ1) is 36.2. The van der Waals surface area contributed by atoms with Crippen LogP contribution in [0.5, 0.6) is 11.5 Å². The summed E-state index contributed by atoms with van der Waals surface area (Å²) in [4.78, 5) is 55.7. The van der Waals surface area contributed by atoms with Crippen molar-refractivity contribution in [3.05, 3.63) is 205 Å². The van der Waals surface area contributed by atoms with Crippen molar-refractivity contribution in [2.24, 2.45) is 5.92 Å². The number of anilines is 3. The van der Waals surface area contributed by atoms with Crippen molar-refractivity contribution in [1.82, 2.24) is 0 Å². The number of aliphatic hydroxyl groups excluding tert-OH is 2. The summed E-state index contributed by atoms with van der Waals surface area (Å²) in [7, 11) is 0. The Kier molecular flexibility index (Phi) is 16.2. The van der Waals surface area contributed by atoms with E-state index in [1.165, 1.54) is 22.0 Å². The lowest BCUT2D eigenvalue weighted by atomic mass is 9.89. The highest BCUT2D eigenvalue weighted by Gasteiger charge is 2.39. The number of hydrogen-bond acceptors (Lipinski definition) is 8. The lowest BCUT2D eigenvalue weighted by Gasteiger charge is -2.27. The molecule has 11 nitrogen and oxygen atoms in total. The van der Waals surface area contributed by atoms with Crippen molar-refractivity contribution in [2.45, 2.75) is 132 Å². The van der Waals surface area contributed by atoms with Crippen molar-refractivity contribution in [2.75, 3.05) is 15.1 Å². The smallest absolute Gasteiger partial charge is 0.261 e. The van der Waals surface area contributed by atoms with Crippen LogP contribution in [-0.4, -0.2) is 39.9 Å². The normalized spacial score (nSPS) is 15.8. The Bertz CT molecular complexity index is 3240. The van der Waals surface area contributed by atoms with Gasteiger partial charge >= 0.3 is 0 Å². The molecule has 8 rings (SSSR count). The zero-order valence-electron chi connectivity index (χ0n) is 45.8. The molecular weight excluding hydrogens is 951 g/mol. The number of nitrogens with one attached hydrogen (secondary N) is 1. The van der Waals surface area contributed by atoms with Crippen LogP contribution in [0.15, 0.2) is 138 Å². The lowest BCUT2D eigenvalue weighted by Crippen LogP contribution is -2.31. The molecule has 4 amide bonds.